The smallest absolute Gasteiger partial charge is 0.367 e. The molecule has 1 aromatic heterocycles. The van der Waals surface area contributed by atoms with Gasteiger partial charge in [-0.1, -0.05) is 11.6 Å². The number of halogens is 3. The molecular weight excluding hydrogens is 274 g/mol. The maximum absolute atomic E-state index is 12.5. The van der Waals surface area contributed by atoms with Crippen molar-refractivity contribution in [2.45, 2.75) is 12.8 Å². The molecule has 0 bridgehead atoms. The van der Waals surface area contributed by atoms with Crippen LogP contribution in [-0.4, -0.2) is 23.0 Å². The number of aromatic nitrogens is 1. The van der Waals surface area contributed by atoms with Gasteiger partial charge in [-0.2, -0.15) is 0 Å². The van der Waals surface area contributed by atoms with Gasteiger partial charge in [-0.05, 0) is 16.0 Å². The van der Waals surface area contributed by atoms with Gasteiger partial charge in [0.15, 0.2) is 0 Å². The number of carbonyl (C=O) groups is 1. The molecule has 0 radical (unpaired) electrons. The average molecular weight is 281 g/mol. The van der Waals surface area contributed by atoms with E-state index in [1.54, 1.807) is 0 Å². The van der Waals surface area contributed by atoms with E-state index in [4.69, 9.17) is 11.6 Å². The van der Waals surface area contributed by atoms with Crippen LogP contribution in [0.1, 0.15) is 17.7 Å². The van der Waals surface area contributed by atoms with Gasteiger partial charge in [0.05, 0.1) is 24.1 Å². The number of esters is 1. The predicted octanol–water partition coefficient (Wildman–Crippen LogP) is 2.30. The Bertz CT molecular complexity index is 496. The largest absolute Gasteiger partial charge is 0.469 e. The molecule has 0 amide bonds. The molecule has 0 saturated carbocycles. The molecule has 98 valence electrons. The Balaban J connectivity index is 3.29. The van der Waals surface area contributed by atoms with Crippen molar-refractivity contribution in [2.75, 3.05) is 7.11 Å². The summed E-state index contributed by atoms with van der Waals surface area (Å²) in [6.07, 6.45) is -3.51. The first kappa shape index (κ1) is 14.2. The lowest BCUT2D eigenvalue weighted by molar-refractivity contribution is -0.390. The molecule has 0 aliphatic carbocycles. The molecule has 9 heteroatoms. The van der Waals surface area contributed by atoms with Gasteiger partial charge in [0.25, 0.3) is 0 Å². The third kappa shape index (κ3) is 3.10. The number of pyridine rings is 1. The summed E-state index contributed by atoms with van der Waals surface area (Å²) in [6.45, 7) is 0. The monoisotopic (exact) mass is 280 g/mol. The minimum atomic E-state index is -3.04. The lowest BCUT2D eigenvalue weighted by atomic mass is 10.1. The molecule has 1 aromatic rings. The Morgan fingerprint density at radius 2 is 2.28 bits per heavy atom. The zero-order valence-electron chi connectivity index (χ0n) is 9.02. The SMILES string of the molecule is COC(=O)Cc1cc(Cl)c(C(F)F)nc1[N+](=O)[O-]. The van der Waals surface area contributed by atoms with E-state index in [0.717, 1.165) is 13.2 Å². The molecule has 0 fully saturated rings. The Morgan fingerprint density at radius 3 is 2.72 bits per heavy atom. The maximum atomic E-state index is 12.5. The van der Waals surface area contributed by atoms with E-state index in [1.807, 2.05) is 0 Å². The molecule has 0 saturated heterocycles. The Kier molecular flexibility index (Phi) is 4.49. The van der Waals surface area contributed by atoms with Crippen LogP contribution in [0.25, 0.3) is 0 Å². The van der Waals surface area contributed by atoms with Crippen molar-refractivity contribution in [3.8, 4) is 0 Å². The molecular formula is C9H7ClF2N2O4. The van der Waals surface area contributed by atoms with Gasteiger partial charge in [-0.25, -0.2) is 8.78 Å². The van der Waals surface area contributed by atoms with E-state index in [9.17, 15) is 23.7 Å². The summed E-state index contributed by atoms with van der Waals surface area (Å²) in [6, 6.07) is 0.922. The fraction of sp³-hybridized carbons (Fsp3) is 0.333. The van der Waals surface area contributed by atoms with E-state index in [1.165, 1.54) is 0 Å². The Morgan fingerprint density at radius 1 is 1.67 bits per heavy atom. The fourth-order valence-corrected chi connectivity index (χ4v) is 1.46. The van der Waals surface area contributed by atoms with Gasteiger partial charge in [-0.15, -0.1) is 0 Å². The van der Waals surface area contributed by atoms with Crippen LogP contribution in [-0.2, 0) is 16.0 Å². The molecule has 0 aliphatic rings. The lowest BCUT2D eigenvalue weighted by Gasteiger charge is -2.04. The number of alkyl halides is 2. The van der Waals surface area contributed by atoms with Crippen LogP contribution >= 0.6 is 11.6 Å². The van der Waals surface area contributed by atoms with Crippen molar-refractivity contribution < 1.29 is 23.2 Å². The van der Waals surface area contributed by atoms with Crippen LogP contribution in [0.4, 0.5) is 14.6 Å². The van der Waals surface area contributed by atoms with Gasteiger partial charge >= 0.3 is 18.2 Å². The quantitative estimate of drug-likeness (QED) is 0.480. The van der Waals surface area contributed by atoms with E-state index in [2.05, 4.69) is 9.72 Å². The summed E-state index contributed by atoms with van der Waals surface area (Å²) in [7, 11) is 1.09. The first-order valence-corrected chi connectivity index (χ1v) is 4.93. The number of ether oxygens (including phenoxy) is 1. The van der Waals surface area contributed by atoms with Crippen molar-refractivity contribution in [1.29, 1.82) is 0 Å². The molecule has 0 aromatic carbocycles. The second-order valence-corrected chi connectivity index (χ2v) is 3.56. The maximum Gasteiger partial charge on any atom is 0.367 e. The highest BCUT2D eigenvalue weighted by Crippen LogP contribution is 2.30. The summed E-state index contributed by atoms with van der Waals surface area (Å²) in [5, 5.41) is 10.2. The molecule has 1 rings (SSSR count). The highest BCUT2D eigenvalue weighted by molar-refractivity contribution is 6.31. The zero-order chi connectivity index (χ0) is 13.9. The summed E-state index contributed by atoms with van der Waals surface area (Å²) >= 11 is 5.51. The normalized spacial score (nSPS) is 10.5. The van der Waals surface area contributed by atoms with Crippen LogP contribution in [0, 0.1) is 10.1 Å². The molecule has 18 heavy (non-hydrogen) atoms. The number of methoxy groups -OCH3 is 1. The molecule has 1 heterocycles. The molecule has 0 atom stereocenters. The molecule has 0 N–H and O–H groups in total. The highest BCUT2D eigenvalue weighted by Gasteiger charge is 2.27. The Labute approximate surface area is 105 Å². The molecule has 0 spiro atoms. The van der Waals surface area contributed by atoms with Crippen molar-refractivity contribution in [3.05, 3.63) is 32.5 Å². The minimum Gasteiger partial charge on any atom is -0.469 e. The Hall–Kier alpha value is -1.83. The van der Waals surface area contributed by atoms with Crippen LogP contribution in [0.3, 0.4) is 0 Å². The molecule has 6 nitrogen and oxygen atoms in total. The van der Waals surface area contributed by atoms with Crippen molar-refractivity contribution in [1.82, 2.24) is 4.98 Å². The second kappa shape index (κ2) is 5.67. The first-order chi connectivity index (χ1) is 8.36. The van der Waals surface area contributed by atoms with Crippen LogP contribution in [0.5, 0.6) is 0 Å². The van der Waals surface area contributed by atoms with E-state index in [0.29, 0.717) is 0 Å². The lowest BCUT2D eigenvalue weighted by Crippen LogP contribution is -2.09. The standard InChI is InChI=1S/C9H7ClF2N2O4/c1-18-6(15)3-4-2-5(10)7(8(11)12)13-9(4)14(16)17/h2,8H,3H2,1H3. The predicted molar refractivity (Wildman–Crippen MR) is 56.6 cm³/mol. The third-order valence-corrected chi connectivity index (χ3v) is 2.30. The summed E-state index contributed by atoms with van der Waals surface area (Å²) in [4.78, 5) is 23.9. The van der Waals surface area contributed by atoms with Crippen LogP contribution < -0.4 is 0 Å². The fourth-order valence-electron chi connectivity index (χ4n) is 1.20. The third-order valence-electron chi connectivity index (χ3n) is 2.00. The minimum absolute atomic E-state index is 0.179. The van der Waals surface area contributed by atoms with Gasteiger partial charge < -0.3 is 14.9 Å². The summed E-state index contributed by atoms with van der Waals surface area (Å²) < 4.78 is 29.3. The molecule has 0 unspecified atom stereocenters. The van der Waals surface area contributed by atoms with Crippen molar-refractivity contribution >= 4 is 23.4 Å². The van der Waals surface area contributed by atoms with Crippen molar-refractivity contribution in [2.24, 2.45) is 0 Å². The number of hydrogen-bond donors (Lipinski definition) is 0. The molecule has 0 aliphatic heterocycles. The zero-order valence-corrected chi connectivity index (χ0v) is 9.78. The summed E-state index contributed by atoms with van der Waals surface area (Å²) in [5.74, 6) is -1.60. The second-order valence-electron chi connectivity index (χ2n) is 3.15. The number of rotatable bonds is 4. The number of nitrogens with zero attached hydrogens (tertiary/aromatic N) is 2. The van der Waals surface area contributed by atoms with Gasteiger partial charge in [0.2, 0.25) is 5.69 Å². The van der Waals surface area contributed by atoms with Crippen LogP contribution in [0.2, 0.25) is 5.02 Å². The van der Waals surface area contributed by atoms with Gasteiger partial charge in [0, 0.05) is 0 Å². The van der Waals surface area contributed by atoms with Crippen molar-refractivity contribution in [3.63, 3.8) is 0 Å². The number of nitro groups is 1. The van der Waals surface area contributed by atoms with Crippen LogP contribution in [0.15, 0.2) is 6.07 Å². The first-order valence-electron chi connectivity index (χ1n) is 4.55. The summed E-state index contributed by atoms with van der Waals surface area (Å²) in [5.41, 5.74) is -1.07. The number of carbonyl (C=O) groups excluding carboxylic acids is 1. The van der Waals surface area contributed by atoms with E-state index < -0.39 is 40.3 Å². The average Bonchev–Trinajstić information content (AvgIpc) is 2.27. The topological polar surface area (TPSA) is 82.3 Å². The number of hydrogen-bond acceptors (Lipinski definition) is 5. The van der Waals surface area contributed by atoms with Gasteiger partial charge in [0.1, 0.15) is 0 Å². The van der Waals surface area contributed by atoms with Gasteiger partial charge in [-0.3, -0.25) is 4.79 Å². The van der Waals surface area contributed by atoms with E-state index >= 15 is 0 Å². The van der Waals surface area contributed by atoms with E-state index in [-0.39, 0.29) is 5.56 Å². The highest BCUT2D eigenvalue weighted by atomic mass is 35.5.